The topological polar surface area (TPSA) is 109 Å². The molecule has 1 aromatic heterocycles. The Labute approximate surface area is 196 Å². The first-order chi connectivity index (χ1) is 16.1. The molecule has 3 aromatic rings. The molecule has 0 spiro atoms. The standard InChI is InChI=1S/C26H23N3O5/c1-14-8-15(2)10-21(9-14)29-24(31)22(23(30)27-26(29)34)13-19-11-16(3)28(17(19)4)20-7-5-6-18(12-20)25(32)33/h5-13H,1-4H3,(H,32,33)(H,27,30,34)/b22-13+. The van der Waals surface area contributed by atoms with Crippen molar-refractivity contribution >= 4 is 35.6 Å². The Hall–Kier alpha value is -4.46. The summed E-state index contributed by atoms with van der Waals surface area (Å²) in [5.41, 5.74) is 4.87. The fourth-order valence-corrected chi connectivity index (χ4v) is 4.24. The van der Waals surface area contributed by atoms with Crippen molar-refractivity contribution in [3.05, 3.63) is 87.7 Å². The molecule has 0 aliphatic carbocycles. The number of hydrogen-bond acceptors (Lipinski definition) is 4. The number of rotatable bonds is 4. The van der Waals surface area contributed by atoms with Gasteiger partial charge in [0.25, 0.3) is 11.8 Å². The van der Waals surface area contributed by atoms with Crippen LogP contribution in [0.5, 0.6) is 0 Å². The first-order valence-electron chi connectivity index (χ1n) is 10.6. The minimum absolute atomic E-state index is 0.148. The molecular weight excluding hydrogens is 434 g/mol. The maximum absolute atomic E-state index is 13.3. The van der Waals surface area contributed by atoms with Crippen LogP contribution < -0.4 is 10.2 Å². The smallest absolute Gasteiger partial charge is 0.335 e. The zero-order valence-electron chi connectivity index (χ0n) is 19.2. The Morgan fingerprint density at radius 2 is 1.59 bits per heavy atom. The van der Waals surface area contributed by atoms with E-state index in [-0.39, 0.29) is 11.1 Å². The monoisotopic (exact) mass is 457 g/mol. The lowest BCUT2D eigenvalue weighted by Gasteiger charge is -2.27. The van der Waals surface area contributed by atoms with Crippen molar-refractivity contribution in [3.63, 3.8) is 0 Å². The number of hydrogen-bond donors (Lipinski definition) is 2. The summed E-state index contributed by atoms with van der Waals surface area (Å²) in [6.07, 6.45) is 1.46. The lowest BCUT2D eigenvalue weighted by Crippen LogP contribution is -2.54. The number of barbiturate groups is 1. The number of nitrogens with one attached hydrogen (secondary N) is 1. The maximum atomic E-state index is 13.3. The number of carbonyl (C=O) groups is 4. The summed E-state index contributed by atoms with van der Waals surface area (Å²) in [6.45, 7) is 7.37. The summed E-state index contributed by atoms with van der Waals surface area (Å²) in [4.78, 5) is 50.7. The molecule has 1 saturated heterocycles. The molecule has 172 valence electrons. The van der Waals surface area contributed by atoms with Gasteiger partial charge in [0.05, 0.1) is 11.3 Å². The lowest BCUT2D eigenvalue weighted by atomic mass is 10.1. The number of urea groups is 1. The van der Waals surface area contributed by atoms with Gasteiger partial charge in [0.2, 0.25) is 0 Å². The molecule has 34 heavy (non-hydrogen) atoms. The van der Waals surface area contributed by atoms with Crippen molar-refractivity contribution in [2.45, 2.75) is 27.7 Å². The molecule has 2 heterocycles. The molecule has 0 unspecified atom stereocenters. The number of carboxylic acid groups (broad SMARTS) is 1. The van der Waals surface area contributed by atoms with E-state index in [1.54, 1.807) is 36.4 Å². The predicted octanol–water partition coefficient (Wildman–Crippen LogP) is 4.08. The van der Waals surface area contributed by atoms with Crippen molar-refractivity contribution < 1.29 is 24.3 Å². The van der Waals surface area contributed by atoms with Crippen molar-refractivity contribution in [3.8, 4) is 5.69 Å². The molecule has 0 saturated carbocycles. The van der Waals surface area contributed by atoms with Crippen LogP contribution in [-0.2, 0) is 9.59 Å². The fraction of sp³-hybridized carbons (Fsp3) is 0.154. The van der Waals surface area contributed by atoms with Gasteiger partial charge in [0, 0.05) is 17.1 Å². The minimum atomic E-state index is -1.03. The fourth-order valence-electron chi connectivity index (χ4n) is 4.24. The second-order valence-corrected chi connectivity index (χ2v) is 8.32. The summed E-state index contributed by atoms with van der Waals surface area (Å²) in [6, 6.07) is 12.8. The largest absolute Gasteiger partial charge is 0.478 e. The van der Waals surface area contributed by atoms with Crippen LogP contribution in [0.1, 0.15) is 38.4 Å². The van der Waals surface area contributed by atoms with Gasteiger partial charge < -0.3 is 9.67 Å². The summed E-state index contributed by atoms with van der Waals surface area (Å²) in [7, 11) is 0. The summed E-state index contributed by atoms with van der Waals surface area (Å²) in [5.74, 6) is -2.52. The molecule has 0 radical (unpaired) electrons. The van der Waals surface area contributed by atoms with Crippen molar-refractivity contribution in [1.29, 1.82) is 0 Å². The average Bonchev–Trinajstić information content (AvgIpc) is 3.03. The van der Waals surface area contributed by atoms with E-state index in [0.717, 1.165) is 21.7 Å². The van der Waals surface area contributed by atoms with Crippen LogP contribution in [0.4, 0.5) is 10.5 Å². The molecule has 0 bridgehead atoms. The van der Waals surface area contributed by atoms with Crippen molar-refractivity contribution in [2.24, 2.45) is 0 Å². The van der Waals surface area contributed by atoms with E-state index in [1.807, 2.05) is 38.3 Å². The van der Waals surface area contributed by atoms with Gasteiger partial charge in [-0.25, -0.2) is 14.5 Å². The number of aromatic carboxylic acids is 1. The normalized spacial score (nSPS) is 15.1. The van der Waals surface area contributed by atoms with Gasteiger partial charge in [0.1, 0.15) is 5.57 Å². The Bertz CT molecular complexity index is 1390. The number of carbonyl (C=O) groups excluding carboxylic acids is 3. The molecule has 1 aliphatic rings. The third-order valence-corrected chi connectivity index (χ3v) is 5.69. The molecular formula is C26H23N3O5. The first-order valence-corrected chi connectivity index (χ1v) is 10.6. The zero-order valence-corrected chi connectivity index (χ0v) is 19.2. The van der Waals surface area contributed by atoms with Crippen LogP contribution in [0.3, 0.4) is 0 Å². The number of amides is 4. The van der Waals surface area contributed by atoms with Gasteiger partial charge in [-0.15, -0.1) is 0 Å². The number of carboxylic acids is 1. The van der Waals surface area contributed by atoms with Crippen LogP contribution in [0.15, 0.2) is 54.1 Å². The zero-order chi connectivity index (χ0) is 24.7. The van der Waals surface area contributed by atoms with E-state index in [9.17, 15) is 24.3 Å². The van der Waals surface area contributed by atoms with Gasteiger partial charge in [0.15, 0.2) is 0 Å². The molecule has 2 N–H and O–H groups in total. The van der Waals surface area contributed by atoms with Gasteiger partial charge in [-0.3, -0.25) is 14.9 Å². The van der Waals surface area contributed by atoms with E-state index in [2.05, 4.69) is 5.32 Å². The van der Waals surface area contributed by atoms with Gasteiger partial charge >= 0.3 is 12.0 Å². The van der Waals surface area contributed by atoms with Gasteiger partial charge in [-0.1, -0.05) is 12.1 Å². The second kappa shape index (κ2) is 8.47. The highest BCUT2D eigenvalue weighted by atomic mass is 16.4. The van der Waals surface area contributed by atoms with Crippen molar-refractivity contribution in [2.75, 3.05) is 4.90 Å². The van der Waals surface area contributed by atoms with E-state index in [0.29, 0.717) is 22.6 Å². The van der Waals surface area contributed by atoms with E-state index in [4.69, 9.17) is 0 Å². The highest BCUT2D eigenvalue weighted by molar-refractivity contribution is 6.39. The first kappa shape index (κ1) is 22.7. The molecule has 1 aliphatic heterocycles. The Morgan fingerprint density at radius 3 is 2.24 bits per heavy atom. The molecule has 1 fully saturated rings. The Kier molecular flexibility index (Phi) is 5.66. The SMILES string of the molecule is Cc1cc(C)cc(N2C(=O)NC(=O)/C(=C\c3cc(C)n(-c4cccc(C(=O)O)c4)c3C)C2=O)c1. The van der Waals surface area contributed by atoms with E-state index < -0.39 is 23.8 Å². The van der Waals surface area contributed by atoms with Crippen LogP contribution in [0, 0.1) is 27.7 Å². The van der Waals surface area contributed by atoms with Crippen LogP contribution >= 0.6 is 0 Å². The van der Waals surface area contributed by atoms with Crippen LogP contribution in [0.2, 0.25) is 0 Å². The maximum Gasteiger partial charge on any atom is 0.335 e. The summed E-state index contributed by atoms with van der Waals surface area (Å²) in [5, 5.41) is 11.6. The molecule has 2 aromatic carbocycles. The third-order valence-electron chi connectivity index (χ3n) is 5.69. The van der Waals surface area contributed by atoms with Crippen LogP contribution in [0.25, 0.3) is 11.8 Å². The van der Waals surface area contributed by atoms with Gasteiger partial charge in [-0.2, -0.15) is 0 Å². The highest BCUT2D eigenvalue weighted by Crippen LogP contribution is 2.27. The van der Waals surface area contributed by atoms with E-state index in [1.165, 1.54) is 12.1 Å². The molecule has 0 atom stereocenters. The summed E-state index contributed by atoms with van der Waals surface area (Å²) >= 11 is 0. The molecule has 8 nitrogen and oxygen atoms in total. The van der Waals surface area contributed by atoms with E-state index >= 15 is 0 Å². The number of nitrogens with zero attached hydrogens (tertiary/aromatic N) is 2. The number of aryl methyl sites for hydroxylation is 3. The van der Waals surface area contributed by atoms with Gasteiger partial charge in [-0.05, 0) is 86.9 Å². The number of imide groups is 2. The number of benzene rings is 2. The van der Waals surface area contributed by atoms with Crippen LogP contribution in [-0.4, -0.2) is 33.5 Å². The molecule has 8 heteroatoms. The molecule has 4 rings (SSSR count). The predicted molar refractivity (Wildman–Crippen MR) is 127 cm³/mol. The molecule has 4 amide bonds. The number of anilines is 1. The third kappa shape index (κ3) is 4.01. The summed E-state index contributed by atoms with van der Waals surface area (Å²) < 4.78 is 1.84. The number of aromatic nitrogens is 1. The second-order valence-electron chi connectivity index (χ2n) is 8.32. The average molecular weight is 457 g/mol. The quantitative estimate of drug-likeness (QED) is 0.453. The lowest BCUT2D eigenvalue weighted by molar-refractivity contribution is -0.122. The minimum Gasteiger partial charge on any atom is -0.478 e. The highest BCUT2D eigenvalue weighted by Gasteiger charge is 2.37. The Balaban J connectivity index is 1.78. The van der Waals surface area contributed by atoms with Crippen molar-refractivity contribution in [1.82, 2.24) is 9.88 Å². The Morgan fingerprint density at radius 1 is 0.912 bits per heavy atom.